The molecule has 2 rings (SSSR count). The molecular weight excluding hydrogens is 280 g/mol. The van der Waals surface area contributed by atoms with Crippen LogP contribution in [0.5, 0.6) is 0 Å². The van der Waals surface area contributed by atoms with Crippen LogP contribution in [0.2, 0.25) is 0 Å². The first-order chi connectivity index (χ1) is 8.15. The molecule has 0 radical (unpaired) electrons. The number of nitrogens with one attached hydrogen (secondary N) is 2. The fourth-order valence-corrected chi connectivity index (χ4v) is 1.82. The summed E-state index contributed by atoms with van der Waals surface area (Å²) in [6.45, 7) is 1.99. The number of aromatic amines is 1. The Morgan fingerprint density at radius 3 is 2.88 bits per heavy atom. The van der Waals surface area contributed by atoms with Crippen LogP contribution in [0, 0.1) is 6.92 Å². The molecule has 0 atom stereocenters. The van der Waals surface area contributed by atoms with Crippen molar-refractivity contribution in [2.45, 2.75) is 13.3 Å². The molecule has 0 saturated heterocycles. The third-order valence-electron chi connectivity index (χ3n) is 2.46. The highest BCUT2D eigenvalue weighted by Crippen LogP contribution is 2.20. The second kappa shape index (κ2) is 5.19. The van der Waals surface area contributed by atoms with Crippen LogP contribution in [0.15, 0.2) is 41.0 Å². The van der Waals surface area contributed by atoms with Gasteiger partial charge in [0, 0.05) is 22.1 Å². The molecule has 0 unspecified atom stereocenters. The van der Waals surface area contributed by atoms with Crippen molar-refractivity contribution in [1.29, 1.82) is 0 Å². The minimum absolute atomic E-state index is 0.0193. The predicted octanol–water partition coefficient (Wildman–Crippen LogP) is 3.27. The number of aromatic nitrogens is 1. The van der Waals surface area contributed by atoms with Crippen LogP contribution in [0.4, 0.5) is 5.69 Å². The first-order valence-corrected chi connectivity index (χ1v) is 6.13. The largest absolute Gasteiger partial charge is 0.365 e. The zero-order valence-electron chi connectivity index (χ0n) is 9.46. The molecule has 1 amide bonds. The number of carbonyl (C=O) groups excluding carboxylic acids is 1. The Kier molecular flexibility index (Phi) is 3.64. The number of H-pyrrole nitrogens is 1. The van der Waals surface area contributed by atoms with Gasteiger partial charge in [0.25, 0.3) is 0 Å². The van der Waals surface area contributed by atoms with Gasteiger partial charge in [-0.15, -0.1) is 0 Å². The van der Waals surface area contributed by atoms with Crippen molar-refractivity contribution >= 4 is 27.5 Å². The van der Waals surface area contributed by atoms with Crippen LogP contribution in [-0.4, -0.2) is 10.9 Å². The summed E-state index contributed by atoms with van der Waals surface area (Å²) in [5.41, 5.74) is 2.83. The van der Waals surface area contributed by atoms with Crippen LogP contribution in [-0.2, 0) is 11.2 Å². The molecule has 0 aliphatic heterocycles. The number of hydrogen-bond donors (Lipinski definition) is 2. The third kappa shape index (κ3) is 3.20. The molecule has 0 aliphatic rings. The zero-order valence-corrected chi connectivity index (χ0v) is 11.0. The van der Waals surface area contributed by atoms with Gasteiger partial charge in [-0.3, -0.25) is 4.79 Å². The summed E-state index contributed by atoms with van der Waals surface area (Å²) in [6, 6.07) is 9.53. The van der Waals surface area contributed by atoms with Gasteiger partial charge in [-0.2, -0.15) is 0 Å². The van der Waals surface area contributed by atoms with Crippen LogP contribution < -0.4 is 5.32 Å². The topological polar surface area (TPSA) is 44.9 Å². The lowest BCUT2D eigenvalue weighted by Gasteiger charge is -2.06. The number of carbonyl (C=O) groups is 1. The molecule has 0 spiro atoms. The number of rotatable bonds is 3. The lowest BCUT2D eigenvalue weighted by molar-refractivity contribution is -0.115. The van der Waals surface area contributed by atoms with Crippen LogP contribution in [0.25, 0.3) is 0 Å². The van der Waals surface area contributed by atoms with E-state index in [9.17, 15) is 4.79 Å². The minimum Gasteiger partial charge on any atom is -0.365 e. The number of hydrogen-bond acceptors (Lipinski definition) is 1. The number of benzene rings is 1. The summed E-state index contributed by atoms with van der Waals surface area (Å²) >= 11 is 3.43. The number of aryl methyl sites for hydroxylation is 1. The third-order valence-corrected chi connectivity index (χ3v) is 3.34. The fourth-order valence-electron chi connectivity index (χ4n) is 1.58. The molecule has 0 bridgehead atoms. The van der Waals surface area contributed by atoms with Gasteiger partial charge in [-0.05, 0) is 42.8 Å². The van der Waals surface area contributed by atoms with Gasteiger partial charge in [0.2, 0.25) is 5.91 Å². The van der Waals surface area contributed by atoms with E-state index in [0.29, 0.717) is 6.42 Å². The Morgan fingerprint density at radius 2 is 2.24 bits per heavy atom. The van der Waals surface area contributed by atoms with E-state index < -0.39 is 0 Å². The molecule has 0 fully saturated rings. The van der Waals surface area contributed by atoms with Crippen LogP contribution in [0.3, 0.4) is 0 Å². The monoisotopic (exact) mass is 292 g/mol. The Labute approximate surface area is 108 Å². The van der Waals surface area contributed by atoms with E-state index in [2.05, 4.69) is 26.2 Å². The van der Waals surface area contributed by atoms with Gasteiger partial charge in [0.1, 0.15) is 0 Å². The summed E-state index contributed by atoms with van der Waals surface area (Å²) < 4.78 is 1.04. The highest BCUT2D eigenvalue weighted by molar-refractivity contribution is 9.10. The van der Waals surface area contributed by atoms with E-state index in [4.69, 9.17) is 0 Å². The van der Waals surface area contributed by atoms with Crippen LogP contribution in [0.1, 0.15) is 11.3 Å². The molecule has 2 aromatic rings. The van der Waals surface area contributed by atoms with Crippen molar-refractivity contribution in [3.63, 3.8) is 0 Å². The van der Waals surface area contributed by atoms with E-state index in [1.807, 2.05) is 43.5 Å². The van der Waals surface area contributed by atoms with Gasteiger partial charge in [0.15, 0.2) is 0 Å². The standard InChI is InChI=1S/C13H13BrN2O/c1-9-7-11(4-5-12(9)14)16-13(17)8-10-3-2-6-15-10/h2-7,15H,8H2,1H3,(H,16,17). The minimum atomic E-state index is -0.0193. The van der Waals surface area contributed by atoms with Crippen molar-refractivity contribution in [1.82, 2.24) is 4.98 Å². The van der Waals surface area contributed by atoms with Gasteiger partial charge >= 0.3 is 0 Å². The van der Waals surface area contributed by atoms with Crippen molar-refractivity contribution in [2.75, 3.05) is 5.32 Å². The second-order valence-electron chi connectivity index (χ2n) is 3.88. The maximum Gasteiger partial charge on any atom is 0.230 e. The highest BCUT2D eigenvalue weighted by Gasteiger charge is 2.05. The predicted molar refractivity (Wildman–Crippen MR) is 72.0 cm³/mol. The van der Waals surface area contributed by atoms with Crippen molar-refractivity contribution in [2.24, 2.45) is 0 Å². The smallest absolute Gasteiger partial charge is 0.230 e. The molecule has 0 saturated carbocycles. The molecule has 1 aromatic heterocycles. The van der Waals surface area contributed by atoms with E-state index in [-0.39, 0.29) is 5.91 Å². The Morgan fingerprint density at radius 1 is 1.41 bits per heavy atom. The average molecular weight is 293 g/mol. The molecule has 0 aliphatic carbocycles. The Bertz CT molecular complexity index is 520. The summed E-state index contributed by atoms with van der Waals surface area (Å²) in [6.07, 6.45) is 2.18. The molecule has 1 heterocycles. The summed E-state index contributed by atoms with van der Waals surface area (Å²) in [5.74, 6) is -0.0193. The zero-order chi connectivity index (χ0) is 12.3. The summed E-state index contributed by atoms with van der Waals surface area (Å²) in [4.78, 5) is 14.7. The number of anilines is 1. The molecule has 2 N–H and O–H groups in total. The average Bonchev–Trinajstić information content (AvgIpc) is 2.76. The first-order valence-electron chi connectivity index (χ1n) is 5.33. The van der Waals surface area contributed by atoms with Gasteiger partial charge in [0.05, 0.1) is 6.42 Å². The maximum absolute atomic E-state index is 11.7. The number of amides is 1. The van der Waals surface area contributed by atoms with Crippen molar-refractivity contribution in [3.05, 3.63) is 52.3 Å². The Hall–Kier alpha value is -1.55. The lowest BCUT2D eigenvalue weighted by Crippen LogP contribution is -2.14. The summed E-state index contributed by atoms with van der Waals surface area (Å²) in [7, 11) is 0. The van der Waals surface area contributed by atoms with Crippen LogP contribution >= 0.6 is 15.9 Å². The fraction of sp³-hybridized carbons (Fsp3) is 0.154. The molecule has 17 heavy (non-hydrogen) atoms. The SMILES string of the molecule is Cc1cc(NC(=O)Cc2ccc[nH]2)ccc1Br. The van der Waals surface area contributed by atoms with Crippen molar-refractivity contribution < 1.29 is 4.79 Å². The maximum atomic E-state index is 11.7. The normalized spacial score (nSPS) is 10.2. The molecule has 88 valence electrons. The first kappa shape index (κ1) is 11.9. The molecule has 1 aromatic carbocycles. The molecule has 4 heteroatoms. The van der Waals surface area contributed by atoms with E-state index in [0.717, 1.165) is 21.4 Å². The van der Waals surface area contributed by atoms with E-state index in [1.54, 1.807) is 0 Å². The molecular formula is C13H13BrN2O. The van der Waals surface area contributed by atoms with Crippen molar-refractivity contribution in [3.8, 4) is 0 Å². The number of halogens is 1. The lowest BCUT2D eigenvalue weighted by atomic mass is 10.2. The highest BCUT2D eigenvalue weighted by atomic mass is 79.9. The Balaban J connectivity index is 2.00. The second-order valence-corrected chi connectivity index (χ2v) is 4.74. The molecule has 3 nitrogen and oxygen atoms in total. The van der Waals surface area contributed by atoms with E-state index >= 15 is 0 Å². The summed E-state index contributed by atoms with van der Waals surface area (Å²) in [5, 5.41) is 2.87. The van der Waals surface area contributed by atoms with Gasteiger partial charge in [-0.25, -0.2) is 0 Å². The quantitative estimate of drug-likeness (QED) is 0.896. The van der Waals surface area contributed by atoms with Gasteiger partial charge in [-0.1, -0.05) is 15.9 Å². The van der Waals surface area contributed by atoms with E-state index in [1.165, 1.54) is 0 Å². The van der Waals surface area contributed by atoms with Gasteiger partial charge < -0.3 is 10.3 Å².